The number of fused-ring (bicyclic) bond motifs is 1. The molecule has 0 aromatic heterocycles. The maximum Gasteiger partial charge on any atom is 0.305 e. The highest BCUT2D eigenvalue weighted by molar-refractivity contribution is 6.34. The lowest BCUT2D eigenvalue weighted by molar-refractivity contribution is -0.140. The third-order valence-corrected chi connectivity index (χ3v) is 4.82. The zero-order valence-electron chi connectivity index (χ0n) is 16.7. The summed E-state index contributed by atoms with van der Waals surface area (Å²) >= 11 is 0. The number of hydrogen-bond donors (Lipinski definition) is 2. The van der Waals surface area contributed by atoms with Gasteiger partial charge in [-0.25, -0.2) is 4.39 Å². The van der Waals surface area contributed by atoms with E-state index >= 15 is 0 Å². The molecule has 2 amide bonds. The van der Waals surface area contributed by atoms with Crippen molar-refractivity contribution in [3.05, 3.63) is 65.0 Å². The van der Waals surface area contributed by atoms with Gasteiger partial charge in [0.05, 0.1) is 7.11 Å². The van der Waals surface area contributed by atoms with Crippen molar-refractivity contribution >= 4 is 35.1 Å². The van der Waals surface area contributed by atoms with Crippen molar-refractivity contribution in [3.63, 3.8) is 0 Å². The summed E-state index contributed by atoms with van der Waals surface area (Å²) in [5, 5.41) is 5.55. The monoisotopic (exact) mass is 410 g/mol. The topological polar surface area (TPSA) is 84.5 Å². The Hall–Kier alpha value is -3.48. The highest BCUT2D eigenvalue weighted by Gasteiger charge is 2.24. The van der Waals surface area contributed by atoms with Gasteiger partial charge in [0.25, 0.3) is 11.8 Å². The number of amides is 2. The van der Waals surface area contributed by atoms with Gasteiger partial charge in [-0.2, -0.15) is 0 Å². The van der Waals surface area contributed by atoms with Crippen LogP contribution in [0, 0.1) is 5.82 Å². The van der Waals surface area contributed by atoms with Crippen LogP contribution in [0.25, 0.3) is 11.6 Å². The fraction of sp³-hybridized carbons (Fsp3) is 0.261. The lowest BCUT2D eigenvalue weighted by Gasteiger charge is -2.06. The molecule has 2 aromatic rings. The van der Waals surface area contributed by atoms with Crippen LogP contribution in [0.3, 0.4) is 0 Å². The number of unbranched alkanes of at least 4 members (excludes halogenated alkanes) is 2. The molecule has 3 rings (SSSR count). The zero-order chi connectivity index (χ0) is 21.5. The molecule has 6 nitrogen and oxygen atoms in total. The predicted octanol–water partition coefficient (Wildman–Crippen LogP) is 3.78. The second-order valence-electron chi connectivity index (χ2n) is 6.97. The van der Waals surface area contributed by atoms with Crippen LogP contribution in [-0.2, 0) is 14.3 Å². The summed E-state index contributed by atoms with van der Waals surface area (Å²) < 4.78 is 18.1. The van der Waals surface area contributed by atoms with Crippen LogP contribution in [0.4, 0.5) is 10.1 Å². The van der Waals surface area contributed by atoms with Crippen LogP contribution in [-0.4, -0.2) is 31.4 Å². The number of hydrogen-bond acceptors (Lipinski definition) is 4. The molecule has 0 bridgehead atoms. The SMILES string of the molecule is COC(=O)CCCCCNC(=O)c1ccc(/C=C2\C(=O)Nc3ccc(F)cc32)cc1. The molecule has 0 saturated heterocycles. The number of carbonyl (C=O) groups is 3. The van der Waals surface area contributed by atoms with Crippen molar-refractivity contribution in [1.82, 2.24) is 5.32 Å². The maximum absolute atomic E-state index is 13.5. The first-order valence-electron chi connectivity index (χ1n) is 9.76. The number of carbonyl (C=O) groups excluding carboxylic acids is 3. The molecule has 0 radical (unpaired) electrons. The first-order chi connectivity index (χ1) is 14.5. The number of halogens is 1. The normalized spacial score (nSPS) is 13.7. The van der Waals surface area contributed by atoms with Crippen molar-refractivity contribution in [2.45, 2.75) is 25.7 Å². The van der Waals surface area contributed by atoms with E-state index in [0.717, 1.165) is 24.8 Å². The van der Waals surface area contributed by atoms with E-state index in [1.165, 1.54) is 25.3 Å². The molecule has 0 fully saturated rings. The Kier molecular flexibility index (Phi) is 6.95. The average molecular weight is 410 g/mol. The highest BCUT2D eigenvalue weighted by Crippen LogP contribution is 2.33. The molecule has 1 aliphatic rings. The van der Waals surface area contributed by atoms with E-state index in [1.54, 1.807) is 30.3 Å². The maximum atomic E-state index is 13.5. The molecule has 0 unspecified atom stereocenters. The van der Waals surface area contributed by atoms with E-state index in [2.05, 4.69) is 15.4 Å². The van der Waals surface area contributed by atoms with Crippen LogP contribution in [0.5, 0.6) is 0 Å². The van der Waals surface area contributed by atoms with E-state index in [9.17, 15) is 18.8 Å². The zero-order valence-corrected chi connectivity index (χ0v) is 16.7. The fourth-order valence-electron chi connectivity index (χ4n) is 3.18. The lowest BCUT2D eigenvalue weighted by atomic mass is 10.0. The van der Waals surface area contributed by atoms with Crippen LogP contribution in [0.2, 0.25) is 0 Å². The first-order valence-corrected chi connectivity index (χ1v) is 9.76. The summed E-state index contributed by atoms with van der Waals surface area (Å²) in [5.41, 5.74) is 2.73. The molecule has 2 N–H and O–H groups in total. The van der Waals surface area contributed by atoms with E-state index < -0.39 is 5.82 Å². The minimum atomic E-state index is -0.409. The summed E-state index contributed by atoms with van der Waals surface area (Å²) in [6, 6.07) is 11.0. The van der Waals surface area contributed by atoms with Gasteiger partial charge in [0.15, 0.2) is 0 Å². The number of methoxy groups -OCH3 is 1. The number of nitrogens with one attached hydrogen (secondary N) is 2. The Labute approximate surface area is 174 Å². The standard InChI is InChI=1S/C23H23FN2O4/c1-30-21(27)5-3-2-4-12-25-22(28)16-8-6-15(7-9-16)13-19-18-14-17(24)10-11-20(18)26-23(19)29/h6-11,13-14H,2-5,12H2,1H3,(H,25,28)(H,26,29)/b19-13-. The van der Waals surface area contributed by atoms with Gasteiger partial charge in [0.2, 0.25) is 0 Å². The lowest BCUT2D eigenvalue weighted by Crippen LogP contribution is -2.24. The van der Waals surface area contributed by atoms with E-state index in [4.69, 9.17) is 0 Å². The predicted molar refractivity (Wildman–Crippen MR) is 112 cm³/mol. The molecule has 0 spiro atoms. The molecule has 0 aliphatic carbocycles. The number of esters is 1. The van der Waals surface area contributed by atoms with E-state index in [1.807, 2.05) is 0 Å². The first kappa shape index (κ1) is 21.2. The van der Waals surface area contributed by atoms with Gasteiger partial charge in [0, 0.05) is 35.4 Å². The van der Waals surface area contributed by atoms with Gasteiger partial charge in [-0.3, -0.25) is 14.4 Å². The fourth-order valence-corrected chi connectivity index (χ4v) is 3.18. The summed E-state index contributed by atoms with van der Waals surface area (Å²) in [5.74, 6) is -1.11. The smallest absolute Gasteiger partial charge is 0.305 e. The number of rotatable bonds is 8. The molecule has 0 saturated carbocycles. The summed E-state index contributed by atoms with van der Waals surface area (Å²) in [7, 11) is 1.37. The largest absolute Gasteiger partial charge is 0.469 e. The Morgan fingerprint density at radius 1 is 1.10 bits per heavy atom. The third kappa shape index (κ3) is 5.31. The van der Waals surface area contributed by atoms with Crippen LogP contribution in [0.15, 0.2) is 42.5 Å². The minimum absolute atomic E-state index is 0.187. The second-order valence-corrected chi connectivity index (χ2v) is 6.97. The average Bonchev–Trinajstić information content (AvgIpc) is 3.05. The van der Waals surface area contributed by atoms with E-state index in [-0.39, 0.29) is 17.8 Å². The molecule has 2 aromatic carbocycles. The van der Waals surface area contributed by atoms with Gasteiger partial charge in [-0.15, -0.1) is 0 Å². The molecule has 1 heterocycles. The van der Waals surface area contributed by atoms with Gasteiger partial charge in [0.1, 0.15) is 5.82 Å². The van der Waals surface area contributed by atoms with Crippen molar-refractivity contribution in [1.29, 1.82) is 0 Å². The van der Waals surface area contributed by atoms with Crippen molar-refractivity contribution in [2.75, 3.05) is 19.0 Å². The molecule has 7 heteroatoms. The van der Waals surface area contributed by atoms with Gasteiger partial charge in [-0.1, -0.05) is 18.6 Å². The van der Waals surface area contributed by atoms with Gasteiger partial charge >= 0.3 is 5.97 Å². The van der Waals surface area contributed by atoms with Gasteiger partial charge < -0.3 is 15.4 Å². The highest BCUT2D eigenvalue weighted by atomic mass is 19.1. The molecule has 30 heavy (non-hydrogen) atoms. The van der Waals surface area contributed by atoms with Gasteiger partial charge in [-0.05, 0) is 54.8 Å². The Morgan fingerprint density at radius 2 is 1.87 bits per heavy atom. The summed E-state index contributed by atoms with van der Waals surface area (Å²) in [6.07, 6.45) is 4.39. The molecule has 156 valence electrons. The minimum Gasteiger partial charge on any atom is -0.469 e. The van der Waals surface area contributed by atoms with Crippen LogP contribution >= 0.6 is 0 Å². The Balaban J connectivity index is 1.55. The number of anilines is 1. The molecule has 1 aliphatic heterocycles. The quantitative estimate of drug-likeness (QED) is 0.394. The molecule has 0 atom stereocenters. The number of ether oxygens (including phenoxy) is 1. The van der Waals surface area contributed by atoms with Crippen molar-refractivity contribution in [2.24, 2.45) is 0 Å². The number of benzene rings is 2. The third-order valence-electron chi connectivity index (χ3n) is 4.82. The van der Waals surface area contributed by atoms with E-state index in [0.29, 0.717) is 35.4 Å². The second kappa shape index (κ2) is 9.82. The Bertz CT molecular complexity index is 983. The summed E-state index contributed by atoms with van der Waals surface area (Å²) in [4.78, 5) is 35.4. The summed E-state index contributed by atoms with van der Waals surface area (Å²) in [6.45, 7) is 0.522. The van der Waals surface area contributed by atoms with Crippen LogP contribution in [0.1, 0.15) is 47.2 Å². The van der Waals surface area contributed by atoms with Crippen molar-refractivity contribution < 1.29 is 23.5 Å². The van der Waals surface area contributed by atoms with Crippen LogP contribution < -0.4 is 10.6 Å². The molecular weight excluding hydrogens is 387 g/mol. The molecular formula is C23H23FN2O4. The van der Waals surface area contributed by atoms with Crippen molar-refractivity contribution in [3.8, 4) is 0 Å². The Morgan fingerprint density at radius 3 is 2.60 bits per heavy atom.